The van der Waals surface area contributed by atoms with Crippen LogP contribution in [-0.4, -0.2) is 32.2 Å². The summed E-state index contributed by atoms with van der Waals surface area (Å²) in [6.07, 6.45) is 1.11. The molecule has 0 aliphatic carbocycles. The van der Waals surface area contributed by atoms with Gasteiger partial charge in [-0.3, -0.25) is 4.90 Å². The molecule has 0 spiro atoms. The molecule has 88 valence electrons. The Balaban J connectivity index is 1.93. The largest absolute Gasteiger partial charge is 0.388 e. The molecule has 0 aromatic heterocycles. The molecule has 1 aromatic rings. The molecule has 0 unspecified atom stereocenters. The number of rotatable bonds is 5. The van der Waals surface area contributed by atoms with Gasteiger partial charge in [-0.05, 0) is 29.7 Å². The zero-order valence-corrected chi connectivity index (χ0v) is 10.1. The van der Waals surface area contributed by atoms with Crippen LogP contribution in [0.2, 0.25) is 0 Å². The van der Waals surface area contributed by atoms with Crippen LogP contribution in [0.15, 0.2) is 18.2 Å². The molecule has 2 rings (SSSR count). The highest BCUT2D eigenvalue weighted by atomic mass is 16.5. The minimum atomic E-state index is 0.856. The summed E-state index contributed by atoms with van der Waals surface area (Å²) in [5.74, 6) is 0. The number of ether oxygens (including phenoxy) is 1. The maximum Gasteiger partial charge on any atom is 0.0474 e. The Morgan fingerprint density at radius 1 is 1.31 bits per heavy atom. The van der Waals surface area contributed by atoms with Crippen molar-refractivity contribution in [1.82, 2.24) is 4.90 Å². The average molecular weight is 220 g/mol. The summed E-state index contributed by atoms with van der Waals surface area (Å²) in [5, 5.41) is 3.19. The number of hydrogen-bond acceptors (Lipinski definition) is 3. The summed E-state index contributed by atoms with van der Waals surface area (Å²) in [6, 6.07) is 6.64. The summed E-state index contributed by atoms with van der Waals surface area (Å²) in [7, 11) is 3.73. The second kappa shape index (κ2) is 5.32. The fourth-order valence-corrected chi connectivity index (χ4v) is 2.21. The molecule has 3 nitrogen and oxygen atoms in total. The van der Waals surface area contributed by atoms with Crippen molar-refractivity contribution in [1.29, 1.82) is 0 Å². The number of hydrogen-bond donors (Lipinski definition) is 1. The van der Waals surface area contributed by atoms with Gasteiger partial charge in [-0.25, -0.2) is 0 Å². The van der Waals surface area contributed by atoms with E-state index in [1.807, 2.05) is 7.05 Å². The van der Waals surface area contributed by atoms with Crippen LogP contribution in [0.5, 0.6) is 0 Å². The van der Waals surface area contributed by atoms with Crippen LogP contribution in [-0.2, 0) is 17.8 Å². The van der Waals surface area contributed by atoms with Crippen LogP contribution in [0.4, 0.5) is 5.69 Å². The van der Waals surface area contributed by atoms with E-state index in [2.05, 4.69) is 28.4 Å². The van der Waals surface area contributed by atoms with Gasteiger partial charge in [0, 0.05) is 46.1 Å². The lowest BCUT2D eigenvalue weighted by molar-refractivity contribution is 0.172. The van der Waals surface area contributed by atoms with Crippen LogP contribution in [0, 0.1) is 0 Å². The van der Waals surface area contributed by atoms with Gasteiger partial charge in [-0.1, -0.05) is 6.07 Å². The molecule has 0 radical (unpaired) electrons. The lowest BCUT2D eigenvalue weighted by atomic mass is 10.1. The van der Waals surface area contributed by atoms with Gasteiger partial charge < -0.3 is 10.1 Å². The average Bonchev–Trinajstić information content (AvgIpc) is 2.70. The first-order valence-corrected chi connectivity index (χ1v) is 5.84. The molecule has 1 N–H and O–H groups in total. The Kier molecular flexibility index (Phi) is 3.80. The van der Waals surface area contributed by atoms with Crippen molar-refractivity contribution in [2.75, 3.05) is 32.6 Å². The molecule has 0 saturated carbocycles. The molecule has 1 aliphatic heterocycles. The molecule has 1 aromatic carbocycles. The molecule has 16 heavy (non-hydrogen) atoms. The minimum absolute atomic E-state index is 0.856. The topological polar surface area (TPSA) is 24.5 Å². The van der Waals surface area contributed by atoms with Gasteiger partial charge in [0.25, 0.3) is 0 Å². The quantitative estimate of drug-likeness (QED) is 0.769. The highest BCUT2D eigenvalue weighted by molar-refractivity contribution is 5.49. The van der Waals surface area contributed by atoms with E-state index in [1.165, 1.54) is 16.8 Å². The maximum absolute atomic E-state index is 5.08. The molecule has 0 atom stereocenters. The molecular weight excluding hydrogens is 200 g/mol. The fraction of sp³-hybridized carbons (Fsp3) is 0.538. The highest BCUT2D eigenvalue weighted by Gasteiger charge is 2.18. The number of nitrogens with zero attached hydrogens (tertiary/aromatic N) is 1. The van der Waals surface area contributed by atoms with E-state index in [4.69, 9.17) is 4.74 Å². The molecule has 0 amide bonds. The van der Waals surface area contributed by atoms with E-state index in [0.29, 0.717) is 0 Å². The Morgan fingerprint density at radius 3 is 2.88 bits per heavy atom. The third-order valence-electron chi connectivity index (χ3n) is 3.11. The molecule has 3 heteroatoms. The first-order chi connectivity index (χ1) is 7.83. The van der Waals surface area contributed by atoms with Crippen molar-refractivity contribution in [3.8, 4) is 0 Å². The first-order valence-electron chi connectivity index (χ1n) is 5.84. The van der Waals surface area contributed by atoms with Crippen LogP contribution in [0.3, 0.4) is 0 Å². The summed E-state index contributed by atoms with van der Waals surface area (Å²) >= 11 is 0. The van der Waals surface area contributed by atoms with Crippen molar-refractivity contribution in [2.24, 2.45) is 0 Å². The minimum Gasteiger partial charge on any atom is -0.388 e. The van der Waals surface area contributed by atoms with Crippen molar-refractivity contribution >= 4 is 5.69 Å². The molecular formula is C13H20N2O. The molecule has 0 bridgehead atoms. The Hall–Kier alpha value is -1.06. The number of methoxy groups -OCH3 is 1. The van der Waals surface area contributed by atoms with Gasteiger partial charge in [0.15, 0.2) is 0 Å². The fourth-order valence-electron chi connectivity index (χ4n) is 2.21. The summed E-state index contributed by atoms with van der Waals surface area (Å²) in [6.45, 7) is 4.14. The van der Waals surface area contributed by atoms with Gasteiger partial charge in [0.1, 0.15) is 0 Å². The smallest absolute Gasteiger partial charge is 0.0474 e. The van der Waals surface area contributed by atoms with Gasteiger partial charge >= 0.3 is 0 Å². The third-order valence-corrected chi connectivity index (χ3v) is 3.11. The van der Waals surface area contributed by atoms with E-state index in [9.17, 15) is 0 Å². The van der Waals surface area contributed by atoms with Crippen molar-refractivity contribution < 1.29 is 4.74 Å². The van der Waals surface area contributed by atoms with Crippen LogP contribution in [0.1, 0.15) is 17.5 Å². The monoisotopic (exact) mass is 220 g/mol. The zero-order chi connectivity index (χ0) is 11.4. The SMILES string of the molecule is CNc1ccc2c(c1)CN(CCCOC)C2. The second-order valence-corrected chi connectivity index (χ2v) is 4.29. The van der Waals surface area contributed by atoms with Crippen molar-refractivity contribution in [3.05, 3.63) is 29.3 Å². The number of anilines is 1. The Bertz CT molecular complexity index is 352. The normalized spacial score (nSPS) is 15.1. The Morgan fingerprint density at radius 2 is 2.12 bits per heavy atom. The molecule has 1 heterocycles. The van der Waals surface area contributed by atoms with Gasteiger partial charge in [0.05, 0.1) is 0 Å². The molecule has 0 saturated heterocycles. The van der Waals surface area contributed by atoms with Crippen LogP contribution >= 0.6 is 0 Å². The zero-order valence-electron chi connectivity index (χ0n) is 10.1. The molecule has 1 aliphatic rings. The number of nitrogens with one attached hydrogen (secondary N) is 1. The molecule has 0 fully saturated rings. The maximum atomic E-state index is 5.08. The van der Waals surface area contributed by atoms with E-state index < -0.39 is 0 Å². The van der Waals surface area contributed by atoms with E-state index >= 15 is 0 Å². The number of benzene rings is 1. The lowest BCUT2D eigenvalue weighted by Crippen LogP contribution is -2.18. The summed E-state index contributed by atoms with van der Waals surface area (Å²) in [5.41, 5.74) is 4.14. The van der Waals surface area contributed by atoms with Gasteiger partial charge in [-0.15, -0.1) is 0 Å². The van der Waals surface area contributed by atoms with E-state index in [-0.39, 0.29) is 0 Å². The van der Waals surface area contributed by atoms with Gasteiger partial charge in [0.2, 0.25) is 0 Å². The van der Waals surface area contributed by atoms with Crippen molar-refractivity contribution in [2.45, 2.75) is 19.5 Å². The summed E-state index contributed by atoms with van der Waals surface area (Å²) < 4.78 is 5.08. The summed E-state index contributed by atoms with van der Waals surface area (Å²) in [4.78, 5) is 2.48. The van der Waals surface area contributed by atoms with E-state index in [1.54, 1.807) is 7.11 Å². The Labute approximate surface area is 97.4 Å². The van der Waals surface area contributed by atoms with E-state index in [0.717, 1.165) is 32.7 Å². The number of fused-ring (bicyclic) bond motifs is 1. The second-order valence-electron chi connectivity index (χ2n) is 4.29. The standard InChI is InChI=1S/C13H20N2O/c1-14-13-5-4-11-9-15(6-3-7-16-2)10-12(11)8-13/h4-5,8,14H,3,6-7,9-10H2,1-2H3. The first kappa shape index (κ1) is 11.4. The highest BCUT2D eigenvalue weighted by Crippen LogP contribution is 2.25. The predicted molar refractivity (Wildman–Crippen MR) is 66.6 cm³/mol. The van der Waals surface area contributed by atoms with Gasteiger partial charge in [-0.2, -0.15) is 0 Å². The van der Waals surface area contributed by atoms with Crippen LogP contribution < -0.4 is 5.32 Å². The third kappa shape index (κ3) is 2.54. The van der Waals surface area contributed by atoms with Crippen molar-refractivity contribution in [3.63, 3.8) is 0 Å². The lowest BCUT2D eigenvalue weighted by Gasteiger charge is -2.13. The van der Waals surface area contributed by atoms with Crippen LogP contribution in [0.25, 0.3) is 0 Å². The predicted octanol–water partition coefficient (Wildman–Crippen LogP) is 2.08.